The number of carbonyl (C=O) groups is 2. The molecule has 0 unspecified atom stereocenters. The quantitative estimate of drug-likeness (QED) is 0.641. The van der Waals surface area contributed by atoms with E-state index in [-0.39, 0.29) is 6.61 Å². The van der Waals surface area contributed by atoms with Gasteiger partial charge in [0.25, 0.3) is 0 Å². The summed E-state index contributed by atoms with van der Waals surface area (Å²) in [6.07, 6.45) is 4.04. The third kappa shape index (κ3) is 3.48. The molecule has 24 heavy (non-hydrogen) atoms. The lowest BCUT2D eigenvalue weighted by atomic mass is 9.93. The zero-order valence-corrected chi connectivity index (χ0v) is 13.7. The Hall–Kier alpha value is -2.62. The lowest BCUT2D eigenvalue weighted by molar-refractivity contribution is -0.142. The van der Waals surface area contributed by atoms with Crippen LogP contribution in [-0.2, 0) is 35.2 Å². The van der Waals surface area contributed by atoms with Crippen LogP contribution in [0.25, 0.3) is 0 Å². The molecule has 124 valence electrons. The summed E-state index contributed by atoms with van der Waals surface area (Å²) in [5, 5.41) is 0. The molecule has 0 N–H and O–H groups in total. The van der Waals surface area contributed by atoms with Crippen LogP contribution in [0.5, 0.6) is 5.75 Å². The molecule has 4 aliphatic carbocycles. The van der Waals surface area contributed by atoms with Crippen molar-refractivity contribution in [2.45, 2.75) is 25.7 Å². The van der Waals surface area contributed by atoms with E-state index >= 15 is 0 Å². The van der Waals surface area contributed by atoms with Crippen LogP contribution in [0.1, 0.15) is 32.6 Å². The van der Waals surface area contributed by atoms with Gasteiger partial charge in [-0.25, -0.2) is 4.79 Å². The van der Waals surface area contributed by atoms with Crippen molar-refractivity contribution >= 4 is 12.3 Å². The Labute approximate surface area is 141 Å². The van der Waals surface area contributed by atoms with Crippen molar-refractivity contribution in [3.05, 3.63) is 64.2 Å². The summed E-state index contributed by atoms with van der Waals surface area (Å²) in [6, 6.07) is 12.6. The molecule has 0 fully saturated rings. The second-order valence-corrected chi connectivity index (χ2v) is 5.93. The molecular formula is C20H20O4. The number of benzene rings is 2. The Bertz CT molecular complexity index is 747. The number of esters is 1. The summed E-state index contributed by atoms with van der Waals surface area (Å²) in [4.78, 5) is 23.1. The van der Waals surface area contributed by atoms with Crippen LogP contribution >= 0.6 is 0 Å². The molecule has 2 aromatic carbocycles. The first kappa shape index (κ1) is 16.2. The molecule has 0 aromatic heterocycles. The second-order valence-electron chi connectivity index (χ2n) is 5.93. The monoisotopic (exact) mass is 324 g/mol. The van der Waals surface area contributed by atoms with Gasteiger partial charge in [-0.05, 0) is 47.9 Å². The van der Waals surface area contributed by atoms with Crippen molar-refractivity contribution in [1.29, 1.82) is 0 Å². The summed E-state index contributed by atoms with van der Waals surface area (Å²) in [5.74, 6) is 0.0575. The SMILES string of the molecule is COC(=O)COc1c2ccc(c1C=O)CCc1ccc(cc1)CC2. The maximum atomic E-state index is 11.7. The first-order valence-electron chi connectivity index (χ1n) is 8.08. The number of rotatable bonds is 4. The molecule has 4 aliphatic rings. The number of methoxy groups -OCH3 is 1. The number of hydrogen-bond donors (Lipinski definition) is 0. The van der Waals surface area contributed by atoms with E-state index in [2.05, 4.69) is 29.0 Å². The smallest absolute Gasteiger partial charge is 0.343 e. The average Bonchev–Trinajstić information content (AvgIpc) is 2.61. The normalized spacial score (nSPS) is 13.0. The van der Waals surface area contributed by atoms with Gasteiger partial charge in [0.15, 0.2) is 12.9 Å². The lowest BCUT2D eigenvalue weighted by Gasteiger charge is -2.17. The fourth-order valence-electron chi connectivity index (χ4n) is 3.02. The minimum Gasteiger partial charge on any atom is -0.481 e. The molecule has 4 bridgehead atoms. The van der Waals surface area contributed by atoms with E-state index in [1.165, 1.54) is 18.2 Å². The molecule has 0 atom stereocenters. The molecule has 2 aromatic rings. The van der Waals surface area contributed by atoms with Crippen LogP contribution in [0.2, 0.25) is 0 Å². The molecule has 0 heterocycles. The Morgan fingerprint density at radius 3 is 2.12 bits per heavy atom. The average molecular weight is 324 g/mol. The van der Waals surface area contributed by atoms with Gasteiger partial charge in [0.2, 0.25) is 0 Å². The summed E-state index contributed by atoms with van der Waals surface area (Å²) in [5.41, 5.74) is 4.92. The standard InChI is InChI=1S/C20H20O4/c1-23-19(22)13-24-20-17-9-7-15-4-2-14(3-5-15)6-8-16(10-11-17)18(20)12-21/h2-5,10-12H,6-9,13H2,1H3. The molecule has 0 aliphatic heterocycles. The molecule has 0 amide bonds. The topological polar surface area (TPSA) is 52.6 Å². The number of aldehydes is 1. The number of aryl methyl sites for hydroxylation is 4. The van der Waals surface area contributed by atoms with Crippen LogP contribution in [0.15, 0.2) is 36.4 Å². The van der Waals surface area contributed by atoms with Crippen molar-refractivity contribution in [1.82, 2.24) is 0 Å². The van der Waals surface area contributed by atoms with Crippen LogP contribution in [0.4, 0.5) is 0 Å². The maximum absolute atomic E-state index is 11.7. The van der Waals surface area contributed by atoms with Crippen molar-refractivity contribution in [2.75, 3.05) is 13.7 Å². The van der Waals surface area contributed by atoms with E-state index < -0.39 is 5.97 Å². The molecule has 0 spiro atoms. The summed E-state index contributed by atoms with van der Waals surface area (Å²) < 4.78 is 10.3. The van der Waals surface area contributed by atoms with Crippen LogP contribution in [0.3, 0.4) is 0 Å². The van der Waals surface area contributed by atoms with Crippen LogP contribution in [-0.4, -0.2) is 26.0 Å². The molecule has 4 heteroatoms. The Kier molecular flexibility index (Phi) is 4.94. The highest BCUT2D eigenvalue weighted by Gasteiger charge is 2.17. The van der Waals surface area contributed by atoms with Crippen LogP contribution < -0.4 is 4.74 Å². The van der Waals surface area contributed by atoms with Gasteiger partial charge in [-0.3, -0.25) is 4.79 Å². The molecule has 0 radical (unpaired) electrons. The maximum Gasteiger partial charge on any atom is 0.343 e. The first-order valence-corrected chi connectivity index (χ1v) is 8.08. The minimum atomic E-state index is -0.459. The van der Waals surface area contributed by atoms with Gasteiger partial charge >= 0.3 is 5.97 Å². The van der Waals surface area contributed by atoms with Gasteiger partial charge in [-0.15, -0.1) is 0 Å². The third-order valence-corrected chi connectivity index (χ3v) is 4.44. The fraction of sp³-hybridized carbons (Fsp3) is 0.300. The Morgan fingerprint density at radius 2 is 1.54 bits per heavy atom. The lowest BCUT2D eigenvalue weighted by Crippen LogP contribution is -2.15. The number of ether oxygens (including phenoxy) is 2. The highest BCUT2D eigenvalue weighted by Crippen LogP contribution is 2.29. The van der Waals surface area contributed by atoms with Gasteiger partial charge in [0.05, 0.1) is 12.7 Å². The van der Waals surface area contributed by atoms with Gasteiger partial charge in [0.1, 0.15) is 5.75 Å². The van der Waals surface area contributed by atoms with Gasteiger partial charge < -0.3 is 9.47 Å². The van der Waals surface area contributed by atoms with Crippen molar-refractivity contribution < 1.29 is 19.1 Å². The highest BCUT2D eigenvalue weighted by atomic mass is 16.6. The summed E-state index contributed by atoms with van der Waals surface area (Å²) in [7, 11) is 1.32. The summed E-state index contributed by atoms with van der Waals surface area (Å²) in [6.45, 7) is -0.193. The van der Waals surface area contributed by atoms with Crippen molar-refractivity contribution in [3.63, 3.8) is 0 Å². The van der Waals surface area contributed by atoms with E-state index in [0.29, 0.717) is 11.3 Å². The number of carbonyl (C=O) groups excluding carboxylic acids is 2. The van der Waals surface area contributed by atoms with E-state index in [9.17, 15) is 9.59 Å². The fourth-order valence-corrected chi connectivity index (χ4v) is 3.02. The van der Waals surface area contributed by atoms with E-state index in [1.54, 1.807) is 0 Å². The van der Waals surface area contributed by atoms with Crippen molar-refractivity contribution in [3.8, 4) is 5.75 Å². The van der Waals surface area contributed by atoms with Crippen molar-refractivity contribution in [2.24, 2.45) is 0 Å². The van der Waals surface area contributed by atoms with Gasteiger partial charge in [0, 0.05) is 0 Å². The van der Waals surface area contributed by atoms with Gasteiger partial charge in [-0.1, -0.05) is 36.4 Å². The predicted octanol–water partition coefficient (Wildman–Crippen LogP) is 2.93. The van der Waals surface area contributed by atoms with Gasteiger partial charge in [-0.2, -0.15) is 0 Å². The molecular weight excluding hydrogens is 304 g/mol. The predicted molar refractivity (Wildman–Crippen MR) is 90.6 cm³/mol. The Morgan fingerprint density at radius 1 is 0.958 bits per heavy atom. The Balaban J connectivity index is 1.99. The van der Waals surface area contributed by atoms with E-state index in [0.717, 1.165) is 43.1 Å². The molecule has 4 nitrogen and oxygen atoms in total. The minimum absolute atomic E-state index is 0.193. The van der Waals surface area contributed by atoms with Crippen LogP contribution in [0, 0.1) is 0 Å². The number of hydrogen-bond acceptors (Lipinski definition) is 4. The third-order valence-electron chi connectivity index (χ3n) is 4.44. The highest BCUT2D eigenvalue weighted by molar-refractivity contribution is 5.83. The summed E-state index contributed by atoms with van der Waals surface area (Å²) >= 11 is 0. The zero-order chi connectivity index (χ0) is 16.9. The van der Waals surface area contributed by atoms with E-state index in [1.807, 2.05) is 12.1 Å². The molecule has 0 saturated carbocycles. The first-order chi connectivity index (χ1) is 11.7. The second kappa shape index (κ2) is 7.30. The zero-order valence-electron chi connectivity index (χ0n) is 13.7. The largest absolute Gasteiger partial charge is 0.481 e. The molecule has 6 rings (SSSR count). The van der Waals surface area contributed by atoms with E-state index in [4.69, 9.17) is 4.74 Å². The molecule has 0 saturated heterocycles.